The molecular formula is C5H8F2N2O2S. The molecule has 1 saturated heterocycles. The molecule has 0 unspecified atom stereocenters. The summed E-state index contributed by atoms with van der Waals surface area (Å²) in [5.41, 5.74) is 4.42. The molecule has 0 spiro atoms. The van der Waals surface area contributed by atoms with Gasteiger partial charge in [-0.15, -0.1) is 0 Å². The second kappa shape index (κ2) is 5.64. The van der Waals surface area contributed by atoms with E-state index in [0.29, 0.717) is 13.2 Å². The minimum atomic E-state index is -2.64. The zero-order valence-electron chi connectivity index (χ0n) is 6.05. The van der Waals surface area contributed by atoms with Crippen LogP contribution in [0.3, 0.4) is 0 Å². The summed E-state index contributed by atoms with van der Waals surface area (Å²) in [6.07, 6.45) is -2.94. The van der Waals surface area contributed by atoms with Gasteiger partial charge in [-0.1, -0.05) is 12.2 Å². The van der Waals surface area contributed by atoms with Crippen LogP contribution in [-0.4, -0.2) is 30.7 Å². The third kappa shape index (κ3) is 5.78. The fraction of sp³-hybridized carbons (Fsp3) is 0.600. The van der Waals surface area contributed by atoms with Gasteiger partial charge in [0.2, 0.25) is 0 Å². The van der Waals surface area contributed by atoms with Crippen LogP contribution in [0.25, 0.3) is 0 Å². The van der Waals surface area contributed by atoms with Crippen molar-refractivity contribution in [1.82, 2.24) is 5.32 Å². The lowest BCUT2D eigenvalue weighted by molar-refractivity contribution is 0.178. The Morgan fingerprint density at radius 1 is 1.75 bits per heavy atom. The van der Waals surface area contributed by atoms with Gasteiger partial charge in [-0.2, -0.15) is 0 Å². The van der Waals surface area contributed by atoms with Crippen molar-refractivity contribution in [3.05, 3.63) is 0 Å². The maximum Gasteiger partial charge on any atom is 0.407 e. The number of halogens is 2. The Hall–Kier alpha value is -0.980. The van der Waals surface area contributed by atoms with Crippen LogP contribution < -0.4 is 11.1 Å². The number of nitrogens with one attached hydrogen (secondary N) is 1. The van der Waals surface area contributed by atoms with E-state index in [4.69, 9.17) is 0 Å². The van der Waals surface area contributed by atoms with E-state index in [0.717, 1.165) is 0 Å². The van der Waals surface area contributed by atoms with Crippen molar-refractivity contribution >= 4 is 23.3 Å². The van der Waals surface area contributed by atoms with Gasteiger partial charge in [0, 0.05) is 0 Å². The highest BCUT2D eigenvalue weighted by Crippen LogP contribution is 1.88. The van der Waals surface area contributed by atoms with Crippen LogP contribution in [0.2, 0.25) is 0 Å². The summed E-state index contributed by atoms with van der Waals surface area (Å²) < 4.78 is 26.2. The molecule has 1 aliphatic heterocycles. The van der Waals surface area contributed by atoms with Crippen molar-refractivity contribution in [3.63, 3.8) is 0 Å². The molecule has 1 fully saturated rings. The van der Waals surface area contributed by atoms with Gasteiger partial charge in [0.25, 0.3) is 6.43 Å². The molecule has 0 radical (unpaired) electrons. The number of thiocarbonyl (C=S) groups is 1. The smallest absolute Gasteiger partial charge is 0.407 e. The Balaban J connectivity index is 0.000000202. The summed E-state index contributed by atoms with van der Waals surface area (Å²) in [6, 6.07) is 0. The number of hydrogen-bond donors (Lipinski definition) is 2. The lowest BCUT2D eigenvalue weighted by Crippen LogP contribution is -2.17. The molecular weight excluding hydrogens is 190 g/mol. The minimum Gasteiger partial charge on any atom is -0.448 e. The normalized spacial score (nSPS) is 14.4. The van der Waals surface area contributed by atoms with Gasteiger partial charge in [0.05, 0.1) is 6.54 Å². The lowest BCUT2D eigenvalue weighted by Gasteiger charge is -1.86. The van der Waals surface area contributed by atoms with E-state index >= 15 is 0 Å². The summed E-state index contributed by atoms with van der Waals surface area (Å²) in [7, 11) is 0. The zero-order valence-corrected chi connectivity index (χ0v) is 6.87. The molecule has 1 heterocycles. The fourth-order valence-corrected chi connectivity index (χ4v) is 0.348. The Bertz CT molecular complexity index is 167. The van der Waals surface area contributed by atoms with Crippen molar-refractivity contribution in [1.29, 1.82) is 0 Å². The number of ether oxygens (including phenoxy) is 1. The molecule has 1 aliphatic rings. The number of nitrogens with two attached hydrogens (primary N) is 1. The number of alkyl carbamates (subject to hydrolysis) is 1. The number of amides is 1. The molecule has 7 heteroatoms. The molecule has 0 aromatic carbocycles. The van der Waals surface area contributed by atoms with E-state index in [2.05, 4.69) is 28.0 Å². The van der Waals surface area contributed by atoms with Gasteiger partial charge in [-0.25, -0.2) is 13.6 Å². The predicted octanol–water partition coefficient (Wildman–Crippen LogP) is 0.264. The predicted molar refractivity (Wildman–Crippen MR) is 42.1 cm³/mol. The summed E-state index contributed by atoms with van der Waals surface area (Å²) >= 11 is 3.85. The molecule has 0 bridgehead atoms. The Labute approximate surface area is 73.1 Å². The summed E-state index contributed by atoms with van der Waals surface area (Å²) in [5, 5.41) is 2.46. The van der Waals surface area contributed by atoms with Crippen LogP contribution in [0.15, 0.2) is 0 Å². The first-order valence-corrected chi connectivity index (χ1v) is 3.43. The van der Waals surface area contributed by atoms with E-state index in [1.165, 1.54) is 0 Å². The number of cyclic esters (lactones) is 1. The number of alkyl halides is 2. The van der Waals surface area contributed by atoms with Gasteiger partial charge in [-0.3, -0.25) is 0 Å². The minimum absolute atomic E-state index is 0.296. The Morgan fingerprint density at radius 3 is 2.33 bits per heavy atom. The third-order valence-electron chi connectivity index (χ3n) is 0.820. The summed E-state index contributed by atoms with van der Waals surface area (Å²) in [4.78, 5) is 9.17. The van der Waals surface area contributed by atoms with E-state index in [1.54, 1.807) is 0 Å². The van der Waals surface area contributed by atoms with E-state index < -0.39 is 11.4 Å². The molecule has 0 aromatic rings. The van der Waals surface area contributed by atoms with Gasteiger partial charge in [0.1, 0.15) is 11.6 Å². The molecule has 1 amide bonds. The summed E-state index contributed by atoms with van der Waals surface area (Å²) in [6.45, 7) is 1.19. The van der Waals surface area contributed by atoms with Crippen LogP contribution in [0.4, 0.5) is 13.6 Å². The van der Waals surface area contributed by atoms with E-state index in [1.807, 2.05) is 0 Å². The zero-order chi connectivity index (χ0) is 9.56. The maximum atomic E-state index is 10.9. The largest absolute Gasteiger partial charge is 0.448 e. The monoisotopic (exact) mass is 198 g/mol. The molecule has 3 N–H and O–H groups in total. The van der Waals surface area contributed by atoms with Crippen LogP contribution in [-0.2, 0) is 4.74 Å². The average Bonchev–Trinajstić information content (AvgIpc) is 2.40. The van der Waals surface area contributed by atoms with Crippen LogP contribution in [0.1, 0.15) is 0 Å². The molecule has 0 aliphatic carbocycles. The molecule has 4 nitrogen and oxygen atoms in total. The highest BCUT2D eigenvalue weighted by Gasteiger charge is 2.06. The van der Waals surface area contributed by atoms with Gasteiger partial charge in [-0.05, 0) is 0 Å². The first-order valence-electron chi connectivity index (χ1n) is 3.02. The second-order valence-corrected chi connectivity index (χ2v) is 2.24. The molecule has 70 valence electrons. The number of carbonyl (C=O) groups excluding carboxylic acids is 1. The third-order valence-corrected chi connectivity index (χ3v) is 0.998. The highest BCUT2D eigenvalue weighted by molar-refractivity contribution is 7.80. The lowest BCUT2D eigenvalue weighted by atomic mass is 10.7. The molecule has 0 atom stereocenters. The quantitative estimate of drug-likeness (QED) is 0.593. The molecule has 1 rings (SSSR count). The standard InChI is InChI=1S/C3H5NO2.C2H3F2NS/c5-3-4-1-2-6-3;3-1(4)2(5)6/h1-2H2,(H,4,5);1H,(H2,5,6). The Morgan fingerprint density at radius 2 is 2.25 bits per heavy atom. The highest BCUT2D eigenvalue weighted by atomic mass is 32.1. The molecule has 0 aromatic heterocycles. The van der Waals surface area contributed by atoms with Crippen molar-refractivity contribution in [3.8, 4) is 0 Å². The van der Waals surface area contributed by atoms with Gasteiger partial charge < -0.3 is 15.8 Å². The van der Waals surface area contributed by atoms with Crippen molar-refractivity contribution in [2.24, 2.45) is 5.73 Å². The number of carbonyl (C=O) groups is 1. The summed E-state index contributed by atoms with van der Waals surface area (Å²) in [5.74, 6) is 0. The van der Waals surface area contributed by atoms with Crippen LogP contribution in [0.5, 0.6) is 0 Å². The topological polar surface area (TPSA) is 64.4 Å². The average molecular weight is 198 g/mol. The molecule has 12 heavy (non-hydrogen) atoms. The maximum absolute atomic E-state index is 10.9. The van der Waals surface area contributed by atoms with Gasteiger partial charge >= 0.3 is 6.09 Å². The van der Waals surface area contributed by atoms with Crippen LogP contribution in [0, 0.1) is 0 Å². The van der Waals surface area contributed by atoms with Gasteiger partial charge in [0.15, 0.2) is 0 Å². The van der Waals surface area contributed by atoms with Crippen molar-refractivity contribution < 1.29 is 18.3 Å². The van der Waals surface area contributed by atoms with E-state index in [9.17, 15) is 13.6 Å². The Kier molecular flexibility index (Phi) is 5.18. The first-order chi connectivity index (χ1) is 5.54. The molecule has 0 saturated carbocycles. The number of rotatable bonds is 1. The first kappa shape index (κ1) is 11.0. The van der Waals surface area contributed by atoms with Crippen LogP contribution >= 0.6 is 12.2 Å². The van der Waals surface area contributed by atoms with Crippen molar-refractivity contribution in [2.45, 2.75) is 6.43 Å². The number of hydrogen-bond acceptors (Lipinski definition) is 3. The second-order valence-electron chi connectivity index (χ2n) is 1.77. The SMILES string of the molecule is NC(=S)C(F)F.O=C1NCCO1. The van der Waals surface area contributed by atoms with E-state index in [-0.39, 0.29) is 6.09 Å². The fourth-order valence-electron chi connectivity index (χ4n) is 0.348. The van der Waals surface area contributed by atoms with Crippen molar-refractivity contribution in [2.75, 3.05) is 13.2 Å².